The van der Waals surface area contributed by atoms with Crippen molar-refractivity contribution >= 4 is 11.8 Å². The molecule has 1 aromatic heterocycles. The maximum absolute atomic E-state index is 11.7. The third kappa shape index (κ3) is 3.82. The molecule has 5 heteroatoms. The Morgan fingerprint density at radius 2 is 2.10 bits per heavy atom. The SMILES string of the molecule is Cc1cc(NC(=O)OCc2ccccc2)cc(C#N)n1. The number of nitrogens with one attached hydrogen (secondary N) is 1. The molecule has 0 aliphatic carbocycles. The summed E-state index contributed by atoms with van der Waals surface area (Å²) in [5.74, 6) is 0. The highest BCUT2D eigenvalue weighted by molar-refractivity contribution is 5.84. The lowest BCUT2D eigenvalue weighted by Gasteiger charge is -2.07. The highest BCUT2D eigenvalue weighted by Crippen LogP contribution is 2.11. The number of amides is 1. The Morgan fingerprint density at radius 3 is 2.80 bits per heavy atom. The molecule has 2 aromatic rings. The smallest absolute Gasteiger partial charge is 0.411 e. The van der Waals surface area contributed by atoms with Crippen LogP contribution in [0.5, 0.6) is 0 Å². The Morgan fingerprint density at radius 1 is 1.35 bits per heavy atom. The van der Waals surface area contributed by atoms with Crippen LogP contribution >= 0.6 is 0 Å². The van der Waals surface area contributed by atoms with Gasteiger partial charge in [0.15, 0.2) is 0 Å². The summed E-state index contributed by atoms with van der Waals surface area (Å²) in [4.78, 5) is 15.7. The molecule has 0 fully saturated rings. The normalized spacial score (nSPS) is 9.60. The number of aryl methyl sites for hydroxylation is 1. The second-order valence-electron chi connectivity index (χ2n) is 4.18. The van der Waals surface area contributed by atoms with Gasteiger partial charge in [-0.3, -0.25) is 5.32 Å². The monoisotopic (exact) mass is 267 g/mol. The summed E-state index contributed by atoms with van der Waals surface area (Å²) >= 11 is 0. The maximum atomic E-state index is 11.7. The number of pyridine rings is 1. The zero-order chi connectivity index (χ0) is 14.4. The lowest BCUT2D eigenvalue weighted by Crippen LogP contribution is -2.14. The summed E-state index contributed by atoms with van der Waals surface area (Å²) in [6, 6.07) is 14.5. The molecule has 0 aliphatic rings. The summed E-state index contributed by atoms with van der Waals surface area (Å²) in [6.45, 7) is 1.95. The average Bonchev–Trinajstić information content (AvgIpc) is 2.45. The second kappa shape index (κ2) is 6.34. The molecule has 0 unspecified atom stereocenters. The topological polar surface area (TPSA) is 75.0 Å². The fraction of sp³-hybridized carbons (Fsp3) is 0.133. The van der Waals surface area contributed by atoms with Crippen molar-refractivity contribution in [2.75, 3.05) is 5.32 Å². The zero-order valence-corrected chi connectivity index (χ0v) is 11.0. The molecule has 1 N–H and O–H groups in total. The Balaban J connectivity index is 1.95. The Bertz CT molecular complexity index is 648. The van der Waals surface area contributed by atoms with Gasteiger partial charge in [0.25, 0.3) is 0 Å². The van der Waals surface area contributed by atoms with Crippen LogP contribution in [-0.2, 0) is 11.3 Å². The van der Waals surface area contributed by atoms with Gasteiger partial charge in [0, 0.05) is 11.4 Å². The first-order chi connectivity index (χ1) is 9.67. The van der Waals surface area contributed by atoms with Gasteiger partial charge in [-0.15, -0.1) is 0 Å². The van der Waals surface area contributed by atoms with Gasteiger partial charge in [-0.05, 0) is 24.6 Å². The molecule has 20 heavy (non-hydrogen) atoms. The molecule has 0 saturated carbocycles. The first-order valence-electron chi connectivity index (χ1n) is 6.04. The van der Waals surface area contributed by atoms with Gasteiger partial charge >= 0.3 is 6.09 Å². The number of benzene rings is 1. The van der Waals surface area contributed by atoms with Gasteiger partial charge < -0.3 is 4.74 Å². The Hall–Kier alpha value is -2.87. The van der Waals surface area contributed by atoms with Crippen LogP contribution in [0.2, 0.25) is 0 Å². The molecule has 0 aliphatic heterocycles. The van der Waals surface area contributed by atoms with Gasteiger partial charge in [0.05, 0.1) is 0 Å². The molecule has 1 aromatic carbocycles. The molecule has 0 bridgehead atoms. The van der Waals surface area contributed by atoms with E-state index in [0.717, 1.165) is 5.56 Å². The molecule has 0 spiro atoms. The Labute approximate surface area is 116 Å². The predicted molar refractivity (Wildman–Crippen MR) is 73.9 cm³/mol. The van der Waals surface area contributed by atoms with E-state index < -0.39 is 6.09 Å². The number of nitriles is 1. The number of hydrogen-bond acceptors (Lipinski definition) is 4. The Kier molecular flexibility index (Phi) is 4.30. The van der Waals surface area contributed by atoms with Gasteiger partial charge in [-0.1, -0.05) is 30.3 Å². The number of rotatable bonds is 3. The van der Waals surface area contributed by atoms with E-state index in [-0.39, 0.29) is 12.3 Å². The van der Waals surface area contributed by atoms with Gasteiger partial charge in [-0.2, -0.15) is 5.26 Å². The maximum Gasteiger partial charge on any atom is 0.411 e. The molecular formula is C15H13N3O2. The quantitative estimate of drug-likeness (QED) is 0.927. The van der Waals surface area contributed by atoms with Crippen molar-refractivity contribution in [3.8, 4) is 6.07 Å². The summed E-state index contributed by atoms with van der Waals surface area (Å²) in [7, 11) is 0. The van der Waals surface area contributed by atoms with Crippen molar-refractivity contribution < 1.29 is 9.53 Å². The molecule has 5 nitrogen and oxygen atoms in total. The third-order valence-corrected chi connectivity index (χ3v) is 2.53. The predicted octanol–water partition coefficient (Wildman–Crippen LogP) is 3.01. The number of nitrogens with zero attached hydrogens (tertiary/aromatic N) is 2. The van der Waals surface area contributed by atoms with Gasteiger partial charge in [0.1, 0.15) is 18.4 Å². The highest BCUT2D eigenvalue weighted by atomic mass is 16.5. The fourth-order valence-corrected chi connectivity index (χ4v) is 1.68. The zero-order valence-electron chi connectivity index (χ0n) is 11.0. The van der Waals surface area contributed by atoms with Crippen molar-refractivity contribution in [1.29, 1.82) is 5.26 Å². The second-order valence-corrected chi connectivity index (χ2v) is 4.18. The fourth-order valence-electron chi connectivity index (χ4n) is 1.68. The van der Waals surface area contributed by atoms with Gasteiger partial charge in [-0.25, -0.2) is 9.78 Å². The lowest BCUT2D eigenvalue weighted by atomic mass is 10.2. The molecule has 0 atom stereocenters. The molecule has 0 radical (unpaired) electrons. The molecule has 2 rings (SSSR count). The van der Waals surface area contributed by atoms with E-state index in [1.807, 2.05) is 36.4 Å². The van der Waals surface area contributed by atoms with E-state index in [9.17, 15) is 4.79 Å². The van der Waals surface area contributed by atoms with Crippen LogP contribution in [0.15, 0.2) is 42.5 Å². The molecule has 100 valence electrons. The number of carbonyl (C=O) groups excluding carboxylic acids is 1. The summed E-state index contributed by atoms with van der Waals surface area (Å²) in [5, 5.41) is 11.4. The largest absolute Gasteiger partial charge is 0.444 e. The minimum Gasteiger partial charge on any atom is -0.444 e. The number of ether oxygens (including phenoxy) is 1. The van der Waals surface area contributed by atoms with Crippen LogP contribution in [0.1, 0.15) is 17.0 Å². The molecule has 1 heterocycles. The number of carbonyl (C=O) groups is 1. The number of anilines is 1. The van der Waals surface area contributed by atoms with Crippen LogP contribution in [0.3, 0.4) is 0 Å². The molecule has 0 saturated heterocycles. The summed E-state index contributed by atoms with van der Waals surface area (Å²) < 4.78 is 5.09. The third-order valence-electron chi connectivity index (χ3n) is 2.53. The van der Waals surface area contributed by atoms with Crippen LogP contribution in [-0.4, -0.2) is 11.1 Å². The minimum atomic E-state index is -0.566. The van der Waals surface area contributed by atoms with E-state index in [2.05, 4.69) is 10.3 Å². The van der Waals surface area contributed by atoms with E-state index in [0.29, 0.717) is 11.4 Å². The average molecular weight is 267 g/mol. The van der Waals surface area contributed by atoms with Crippen LogP contribution < -0.4 is 5.32 Å². The summed E-state index contributed by atoms with van der Waals surface area (Å²) in [6.07, 6.45) is -0.566. The van der Waals surface area contributed by atoms with Crippen molar-refractivity contribution in [3.63, 3.8) is 0 Å². The van der Waals surface area contributed by atoms with Gasteiger partial charge in [0.2, 0.25) is 0 Å². The van der Waals surface area contributed by atoms with Crippen molar-refractivity contribution in [2.24, 2.45) is 0 Å². The van der Waals surface area contributed by atoms with E-state index in [4.69, 9.17) is 10.00 Å². The van der Waals surface area contributed by atoms with Crippen LogP contribution in [0.25, 0.3) is 0 Å². The van der Waals surface area contributed by atoms with Crippen LogP contribution in [0.4, 0.5) is 10.5 Å². The number of hydrogen-bond donors (Lipinski definition) is 1. The molecule has 1 amide bonds. The van der Waals surface area contributed by atoms with Crippen molar-refractivity contribution in [1.82, 2.24) is 4.98 Å². The first kappa shape index (κ1) is 13.6. The standard InChI is InChI=1S/C15H13N3O2/c1-11-7-13(8-14(9-16)17-11)18-15(19)20-10-12-5-3-2-4-6-12/h2-8H,10H2,1H3,(H,17,18,19). The molecular weight excluding hydrogens is 254 g/mol. The van der Waals surface area contributed by atoms with E-state index >= 15 is 0 Å². The van der Waals surface area contributed by atoms with E-state index in [1.165, 1.54) is 6.07 Å². The van der Waals surface area contributed by atoms with E-state index in [1.54, 1.807) is 13.0 Å². The lowest BCUT2D eigenvalue weighted by molar-refractivity contribution is 0.155. The van der Waals surface area contributed by atoms with Crippen LogP contribution in [0, 0.1) is 18.3 Å². The van der Waals surface area contributed by atoms with Crippen molar-refractivity contribution in [3.05, 3.63) is 59.4 Å². The summed E-state index contributed by atoms with van der Waals surface area (Å²) in [5.41, 5.74) is 2.31. The first-order valence-corrected chi connectivity index (χ1v) is 6.04. The number of aromatic nitrogens is 1. The highest BCUT2D eigenvalue weighted by Gasteiger charge is 2.06. The van der Waals surface area contributed by atoms with Crippen molar-refractivity contribution in [2.45, 2.75) is 13.5 Å². The minimum absolute atomic E-state index is 0.196.